The third-order valence-electron chi connectivity index (χ3n) is 4.79. The Morgan fingerprint density at radius 3 is 2.88 bits per heavy atom. The van der Waals surface area contributed by atoms with Crippen molar-refractivity contribution in [3.8, 4) is 11.3 Å². The van der Waals surface area contributed by atoms with E-state index in [9.17, 15) is 4.79 Å². The number of carbonyl (C=O) groups excluding carboxylic acids is 1. The van der Waals surface area contributed by atoms with Crippen LogP contribution in [0.2, 0.25) is 0 Å². The lowest BCUT2D eigenvalue weighted by atomic mass is 9.86. The zero-order valence-electron chi connectivity index (χ0n) is 14.9. The van der Waals surface area contributed by atoms with Crippen molar-refractivity contribution in [1.82, 2.24) is 19.7 Å². The van der Waals surface area contributed by atoms with Gasteiger partial charge in [0.05, 0.1) is 17.3 Å². The van der Waals surface area contributed by atoms with E-state index in [0.717, 1.165) is 47.3 Å². The highest BCUT2D eigenvalue weighted by Gasteiger charge is 2.29. The lowest BCUT2D eigenvalue weighted by molar-refractivity contribution is -0.117. The number of rotatable bonds is 3. The van der Waals surface area contributed by atoms with Crippen LogP contribution in [0.1, 0.15) is 35.6 Å². The number of fused-ring (bicyclic) bond motifs is 1. The molecule has 1 amide bonds. The maximum Gasteiger partial charge on any atom is 0.234 e. The number of nitrogens with zero attached hydrogens (tertiary/aromatic N) is 4. The zero-order chi connectivity index (χ0) is 18.1. The number of carbonyl (C=O) groups is 1. The molecule has 0 spiro atoms. The molecule has 2 heterocycles. The summed E-state index contributed by atoms with van der Waals surface area (Å²) in [5.41, 5.74) is 4.86. The molecule has 132 valence electrons. The standard InChI is InChI=1S/C20H21N5O/c1-13-11-21-20(22-18(13)14-7-4-3-5-8-14)23-19(26)15-9-6-10-17-16(15)12-25(2)24-17/h3-5,7-8,11-12,15H,6,9-10H2,1-2H3,(H,21,22,23,26). The molecule has 4 rings (SSSR count). The number of hydrogen-bond donors (Lipinski definition) is 1. The van der Waals surface area contributed by atoms with Crippen LogP contribution >= 0.6 is 0 Å². The SMILES string of the molecule is Cc1cnc(NC(=O)C2CCCc3nn(C)cc32)nc1-c1ccccc1. The van der Waals surface area contributed by atoms with E-state index in [1.807, 2.05) is 50.5 Å². The van der Waals surface area contributed by atoms with Crippen molar-refractivity contribution in [2.24, 2.45) is 7.05 Å². The molecule has 1 aliphatic rings. The molecule has 26 heavy (non-hydrogen) atoms. The van der Waals surface area contributed by atoms with Gasteiger partial charge < -0.3 is 0 Å². The second-order valence-corrected chi connectivity index (χ2v) is 6.73. The summed E-state index contributed by atoms with van der Waals surface area (Å²) < 4.78 is 1.78. The topological polar surface area (TPSA) is 72.7 Å². The first-order valence-electron chi connectivity index (χ1n) is 8.84. The van der Waals surface area contributed by atoms with E-state index in [1.165, 1.54) is 0 Å². The van der Waals surface area contributed by atoms with Gasteiger partial charge in [0.15, 0.2) is 0 Å². The number of anilines is 1. The molecule has 0 aliphatic heterocycles. The van der Waals surface area contributed by atoms with Gasteiger partial charge in [-0.1, -0.05) is 30.3 Å². The predicted octanol–water partition coefficient (Wildman–Crippen LogP) is 3.24. The van der Waals surface area contributed by atoms with Crippen molar-refractivity contribution in [3.63, 3.8) is 0 Å². The number of nitrogens with one attached hydrogen (secondary N) is 1. The van der Waals surface area contributed by atoms with Crippen molar-refractivity contribution in [2.45, 2.75) is 32.1 Å². The average Bonchev–Trinajstić information content (AvgIpc) is 3.04. The van der Waals surface area contributed by atoms with E-state index in [-0.39, 0.29) is 11.8 Å². The van der Waals surface area contributed by atoms with Crippen LogP contribution in [-0.4, -0.2) is 25.7 Å². The second-order valence-electron chi connectivity index (χ2n) is 6.73. The molecule has 6 heteroatoms. The molecule has 2 aromatic heterocycles. The molecule has 1 N–H and O–H groups in total. The summed E-state index contributed by atoms with van der Waals surface area (Å²) in [7, 11) is 1.89. The Bertz CT molecular complexity index is 948. The highest BCUT2D eigenvalue weighted by Crippen LogP contribution is 2.31. The molecule has 3 aromatic rings. The minimum atomic E-state index is -0.197. The largest absolute Gasteiger partial charge is 0.294 e. The summed E-state index contributed by atoms with van der Waals surface area (Å²) in [5, 5.41) is 7.36. The lowest BCUT2D eigenvalue weighted by Crippen LogP contribution is -2.25. The van der Waals surface area contributed by atoms with Gasteiger partial charge in [-0.25, -0.2) is 9.97 Å². The lowest BCUT2D eigenvalue weighted by Gasteiger charge is -2.20. The summed E-state index contributed by atoms with van der Waals surface area (Å²) in [4.78, 5) is 21.7. The molecule has 1 aromatic carbocycles. The summed E-state index contributed by atoms with van der Waals surface area (Å²) >= 11 is 0. The summed E-state index contributed by atoms with van der Waals surface area (Å²) in [6.45, 7) is 1.97. The Morgan fingerprint density at radius 1 is 1.27 bits per heavy atom. The molecular formula is C20H21N5O. The first-order valence-corrected chi connectivity index (χ1v) is 8.84. The van der Waals surface area contributed by atoms with Crippen LogP contribution in [-0.2, 0) is 18.3 Å². The van der Waals surface area contributed by atoms with Crippen LogP contribution in [0.3, 0.4) is 0 Å². The van der Waals surface area contributed by atoms with Crippen molar-refractivity contribution in [3.05, 3.63) is 59.5 Å². The third-order valence-corrected chi connectivity index (χ3v) is 4.79. The molecule has 0 saturated carbocycles. The molecule has 0 saturated heterocycles. The van der Waals surface area contributed by atoms with Crippen molar-refractivity contribution in [2.75, 3.05) is 5.32 Å². The highest BCUT2D eigenvalue weighted by atomic mass is 16.2. The van der Waals surface area contributed by atoms with Gasteiger partial charge >= 0.3 is 0 Å². The number of hydrogen-bond acceptors (Lipinski definition) is 4. The van der Waals surface area contributed by atoms with E-state index < -0.39 is 0 Å². The molecule has 0 fully saturated rings. The molecule has 0 radical (unpaired) electrons. The van der Waals surface area contributed by atoms with Gasteiger partial charge in [-0.15, -0.1) is 0 Å². The minimum absolute atomic E-state index is 0.0678. The van der Waals surface area contributed by atoms with Gasteiger partial charge in [0.2, 0.25) is 11.9 Å². The maximum absolute atomic E-state index is 12.8. The fourth-order valence-electron chi connectivity index (χ4n) is 3.53. The number of amides is 1. The van der Waals surface area contributed by atoms with Crippen LogP contribution in [0.5, 0.6) is 0 Å². The zero-order valence-corrected chi connectivity index (χ0v) is 14.9. The summed E-state index contributed by atoms with van der Waals surface area (Å²) in [6.07, 6.45) is 6.42. The van der Waals surface area contributed by atoms with Gasteiger partial charge in [-0.3, -0.25) is 14.8 Å². The normalized spacial score (nSPS) is 16.2. The third kappa shape index (κ3) is 3.10. The smallest absolute Gasteiger partial charge is 0.234 e. The maximum atomic E-state index is 12.8. The number of aromatic nitrogens is 4. The van der Waals surface area contributed by atoms with E-state index >= 15 is 0 Å². The minimum Gasteiger partial charge on any atom is -0.294 e. The van der Waals surface area contributed by atoms with Gasteiger partial charge in [-0.05, 0) is 31.7 Å². The Labute approximate surface area is 152 Å². The van der Waals surface area contributed by atoms with Crippen LogP contribution < -0.4 is 5.32 Å². The Balaban J connectivity index is 1.59. The number of benzene rings is 1. The Morgan fingerprint density at radius 2 is 2.08 bits per heavy atom. The van der Waals surface area contributed by atoms with Crippen molar-refractivity contribution < 1.29 is 4.79 Å². The van der Waals surface area contributed by atoms with E-state index in [1.54, 1.807) is 10.9 Å². The first-order chi connectivity index (χ1) is 12.6. The first kappa shape index (κ1) is 16.4. The van der Waals surface area contributed by atoms with Crippen LogP contribution in [0.25, 0.3) is 11.3 Å². The Hall–Kier alpha value is -3.02. The molecular weight excluding hydrogens is 326 g/mol. The van der Waals surface area contributed by atoms with Crippen LogP contribution in [0.15, 0.2) is 42.7 Å². The van der Waals surface area contributed by atoms with Gasteiger partial charge in [0.25, 0.3) is 0 Å². The molecule has 1 unspecified atom stereocenters. The second kappa shape index (κ2) is 6.71. The van der Waals surface area contributed by atoms with Crippen molar-refractivity contribution in [1.29, 1.82) is 0 Å². The predicted molar refractivity (Wildman–Crippen MR) is 99.7 cm³/mol. The molecule has 1 aliphatic carbocycles. The molecule has 1 atom stereocenters. The van der Waals surface area contributed by atoms with Crippen LogP contribution in [0.4, 0.5) is 5.95 Å². The summed E-state index contributed by atoms with van der Waals surface area (Å²) in [5.74, 6) is 0.0785. The highest BCUT2D eigenvalue weighted by molar-refractivity contribution is 5.95. The van der Waals surface area contributed by atoms with Crippen molar-refractivity contribution >= 4 is 11.9 Å². The average molecular weight is 347 g/mol. The Kier molecular flexibility index (Phi) is 4.24. The van der Waals surface area contributed by atoms with Crippen LogP contribution in [0, 0.1) is 6.92 Å². The van der Waals surface area contributed by atoms with Gasteiger partial charge in [0.1, 0.15) is 0 Å². The van der Waals surface area contributed by atoms with E-state index in [2.05, 4.69) is 20.4 Å². The number of aryl methyl sites for hydroxylation is 3. The quantitative estimate of drug-likeness (QED) is 0.789. The molecule has 6 nitrogen and oxygen atoms in total. The van der Waals surface area contributed by atoms with E-state index in [0.29, 0.717) is 5.95 Å². The fourth-order valence-corrected chi connectivity index (χ4v) is 3.53. The fraction of sp³-hybridized carbons (Fsp3) is 0.300. The van der Waals surface area contributed by atoms with Gasteiger partial charge in [0, 0.05) is 30.6 Å². The monoisotopic (exact) mass is 347 g/mol. The van der Waals surface area contributed by atoms with Gasteiger partial charge in [-0.2, -0.15) is 5.10 Å². The van der Waals surface area contributed by atoms with E-state index in [4.69, 9.17) is 0 Å². The summed E-state index contributed by atoms with van der Waals surface area (Å²) in [6, 6.07) is 9.92. The molecule has 0 bridgehead atoms.